The summed E-state index contributed by atoms with van der Waals surface area (Å²) in [5, 5.41) is 13.4. The predicted octanol–water partition coefficient (Wildman–Crippen LogP) is 4.09. The molecule has 5 rings (SSSR count). The Morgan fingerprint density at radius 2 is 1.85 bits per heavy atom. The number of halogens is 2. The summed E-state index contributed by atoms with van der Waals surface area (Å²) >= 11 is 12.2. The maximum atomic E-state index is 12.3. The van der Waals surface area contributed by atoms with Gasteiger partial charge in [0.25, 0.3) is 0 Å². The number of carbonyl (C=O) groups excluding carboxylic acids is 1. The number of pyridine rings is 1. The number of hydrogen-bond donors (Lipinski definition) is 1. The summed E-state index contributed by atoms with van der Waals surface area (Å²) in [6, 6.07) is 15.0. The number of aromatic nitrogens is 4. The number of para-hydroxylation sites is 1. The SMILES string of the molecule is O=C(Cn1cc(CN2CCN(c3ccnc4cc(Cl)ccc34)CC2)nn1)Nc1ccccc1Cl. The maximum Gasteiger partial charge on any atom is 0.246 e. The summed E-state index contributed by atoms with van der Waals surface area (Å²) in [7, 11) is 0. The zero-order valence-corrected chi connectivity index (χ0v) is 19.9. The monoisotopic (exact) mass is 495 g/mol. The van der Waals surface area contributed by atoms with Crippen LogP contribution in [0.1, 0.15) is 5.69 Å². The van der Waals surface area contributed by atoms with E-state index in [4.69, 9.17) is 23.2 Å². The Labute approximate surface area is 207 Å². The summed E-state index contributed by atoms with van der Waals surface area (Å²) < 4.78 is 1.55. The van der Waals surface area contributed by atoms with E-state index in [1.54, 1.807) is 16.8 Å². The van der Waals surface area contributed by atoms with Crippen molar-refractivity contribution in [1.82, 2.24) is 24.9 Å². The van der Waals surface area contributed by atoms with E-state index < -0.39 is 0 Å². The lowest BCUT2D eigenvalue weighted by Crippen LogP contribution is -2.46. The summed E-state index contributed by atoms with van der Waals surface area (Å²) in [5.41, 5.74) is 3.50. The first-order valence-corrected chi connectivity index (χ1v) is 11.8. The van der Waals surface area contributed by atoms with E-state index in [1.165, 1.54) is 5.69 Å². The van der Waals surface area contributed by atoms with Gasteiger partial charge in [-0.3, -0.25) is 14.7 Å². The van der Waals surface area contributed by atoms with Crippen molar-refractivity contribution in [3.63, 3.8) is 0 Å². The van der Waals surface area contributed by atoms with Crippen LogP contribution < -0.4 is 10.2 Å². The van der Waals surface area contributed by atoms with E-state index in [0.29, 0.717) is 22.3 Å². The third-order valence-electron chi connectivity index (χ3n) is 5.82. The third kappa shape index (κ3) is 5.14. The first-order valence-electron chi connectivity index (χ1n) is 11.0. The van der Waals surface area contributed by atoms with E-state index in [2.05, 4.69) is 36.5 Å². The van der Waals surface area contributed by atoms with Crippen molar-refractivity contribution in [2.45, 2.75) is 13.1 Å². The molecule has 0 atom stereocenters. The van der Waals surface area contributed by atoms with Gasteiger partial charge < -0.3 is 10.2 Å². The van der Waals surface area contributed by atoms with Gasteiger partial charge in [0.1, 0.15) is 6.54 Å². The number of nitrogens with one attached hydrogen (secondary N) is 1. The standard InChI is InChI=1S/C24H23Cl2N7O/c25-17-5-6-19-22(13-17)27-8-7-23(19)32-11-9-31(10-12-32)14-18-15-33(30-29-18)16-24(34)28-21-4-2-1-3-20(21)26/h1-8,13,15H,9-12,14,16H2,(H,28,34). The maximum absolute atomic E-state index is 12.3. The molecule has 2 aromatic heterocycles. The highest BCUT2D eigenvalue weighted by Gasteiger charge is 2.20. The minimum Gasteiger partial charge on any atom is -0.368 e. The lowest BCUT2D eigenvalue weighted by atomic mass is 10.1. The largest absolute Gasteiger partial charge is 0.368 e. The number of carbonyl (C=O) groups is 1. The molecule has 1 N–H and O–H groups in total. The van der Waals surface area contributed by atoms with Gasteiger partial charge in [-0.1, -0.05) is 40.5 Å². The first-order chi connectivity index (χ1) is 16.5. The van der Waals surface area contributed by atoms with Crippen LogP contribution in [0.25, 0.3) is 10.9 Å². The van der Waals surface area contributed by atoms with Gasteiger partial charge in [0, 0.05) is 55.0 Å². The highest BCUT2D eigenvalue weighted by molar-refractivity contribution is 6.33. The van der Waals surface area contributed by atoms with Gasteiger partial charge in [-0.2, -0.15) is 0 Å². The summed E-state index contributed by atoms with van der Waals surface area (Å²) in [4.78, 5) is 21.5. The zero-order valence-electron chi connectivity index (χ0n) is 18.4. The third-order valence-corrected chi connectivity index (χ3v) is 6.38. The van der Waals surface area contributed by atoms with Crippen molar-refractivity contribution >= 4 is 51.4 Å². The number of anilines is 2. The van der Waals surface area contributed by atoms with Gasteiger partial charge in [0.05, 0.1) is 28.1 Å². The van der Waals surface area contributed by atoms with Gasteiger partial charge >= 0.3 is 0 Å². The Bertz CT molecular complexity index is 1320. The van der Waals surface area contributed by atoms with Gasteiger partial charge in [0.15, 0.2) is 0 Å². The Balaban J connectivity index is 1.15. The van der Waals surface area contributed by atoms with Crippen molar-refractivity contribution in [2.75, 3.05) is 36.4 Å². The smallest absolute Gasteiger partial charge is 0.246 e. The highest BCUT2D eigenvalue weighted by Crippen LogP contribution is 2.28. The minimum atomic E-state index is -0.205. The van der Waals surface area contributed by atoms with Crippen molar-refractivity contribution in [1.29, 1.82) is 0 Å². The highest BCUT2D eigenvalue weighted by atomic mass is 35.5. The average Bonchev–Trinajstić information content (AvgIpc) is 3.27. The van der Waals surface area contributed by atoms with Gasteiger partial charge in [-0.05, 0) is 36.4 Å². The molecule has 174 valence electrons. The van der Waals surface area contributed by atoms with Gasteiger partial charge in [0.2, 0.25) is 5.91 Å². The Kier molecular flexibility index (Phi) is 6.62. The molecule has 1 amide bonds. The van der Waals surface area contributed by atoms with Crippen LogP contribution in [0.15, 0.2) is 60.9 Å². The van der Waals surface area contributed by atoms with Crippen molar-refractivity contribution in [3.8, 4) is 0 Å². The number of nitrogens with zero attached hydrogens (tertiary/aromatic N) is 6. The van der Waals surface area contributed by atoms with E-state index >= 15 is 0 Å². The second-order valence-electron chi connectivity index (χ2n) is 8.19. The Morgan fingerprint density at radius 1 is 1.03 bits per heavy atom. The number of benzene rings is 2. The van der Waals surface area contributed by atoms with Crippen LogP contribution >= 0.6 is 23.2 Å². The number of amides is 1. The molecule has 8 nitrogen and oxygen atoms in total. The second-order valence-corrected chi connectivity index (χ2v) is 9.03. The molecule has 0 unspecified atom stereocenters. The van der Waals surface area contributed by atoms with Crippen LogP contribution in [-0.4, -0.2) is 57.0 Å². The molecule has 0 aliphatic carbocycles. The lowest BCUT2D eigenvalue weighted by molar-refractivity contribution is -0.116. The van der Waals surface area contributed by atoms with Crippen LogP contribution in [0.4, 0.5) is 11.4 Å². The molecule has 1 fully saturated rings. The molecule has 10 heteroatoms. The fraction of sp³-hybridized carbons (Fsp3) is 0.250. The van der Waals surface area contributed by atoms with E-state index in [0.717, 1.165) is 42.8 Å². The molecule has 1 aliphatic rings. The first kappa shape index (κ1) is 22.6. The molecule has 0 radical (unpaired) electrons. The molecule has 0 saturated carbocycles. The van der Waals surface area contributed by atoms with Crippen LogP contribution in [-0.2, 0) is 17.9 Å². The minimum absolute atomic E-state index is 0.0745. The van der Waals surface area contributed by atoms with E-state index in [9.17, 15) is 4.79 Å². The fourth-order valence-electron chi connectivity index (χ4n) is 4.15. The predicted molar refractivity (Wildman–Crippen MR) is 134 cm³/mol. The summed E-state index contributed by atoms with van der Waals surface area (Å²) in [5.74, 6) is -0.205. The molecule has 34 heavy (non-hydrogen) atoms. The van der Waals surface area contributed by atoms with Crippen molar-refractivity contribution < 1.29 is 4.79 Å². The zero-order chi connectivity index (χ0) is 23.5. The molecule has 1 saturated heterocycles. The van der Waals surface area contributed by atoms with E-state index in [-0.39, 0.29) is 12.5 Å². The molecular formula is C24H23Cl2N7O. The van der Waals surface area contributed by atoms with Crippen LogP contribution in [0.3, 0.4) is 0 Å². The van der Waals surface area contributed by atoms with Gasteiger partial charge in [-0.15, -0.1) is 5.10 Å². The van der Waals surface area contributed by atoms with E-state index in [1.807, 2.05) is 42.7 Å². The molecule has 0 spiro atoms. The van der Waals surface area contributed by atoms with Crippen LogP contribution in [0, 0.1) is 0 Å². The number of fused-ring (bicyclic) bond motifs is 1. The Morgan fingerprint density at radius 3 is 2.68 bits per heavy atom. The molecule has 0 bridgehead atoms. The normalized spacial score (nSPS) is 14.5. The molecule has 1 aliphatic heterocycles. The fourth-order valence-corrected chi connectivity index (χ4v) is 4.49. The van der Waals surface area contributed by atoms with Crippen LogP contribution in [0.5, 0.6) is 0 Å². The number of piperazine rings is 1. The molecule has 4 aromatic rings. The quantitative estimate of drug-likeness (QED) is 0.433. The summed E-state index contributed by atoms with van der Waals surface area (Å²) in [6.07, 6.45) is 3.65. The van der Waals surface area contributed by atoms with Gasteiger partial charge in [-0.25, -0.2) is 4.68 Å². The molecular weight excluding hydrogens is 473 g/mol. The number of hydrogen-bond acceptors (Lipinski definition) is 6. The number of rotatable bonds is 6. The second kappa shape index (κ2) is 9.97. The topological polar surface area (TPSA) is 79.2 Å². The van der Waals surface area contributed by atoms with Crippen molar-refractivity contribution in [2.24, 2.45) is 0 Å². The average molecular weight is 496 g/mol. The lowest BCUT2D eigenvalue weighted by Gasteiger charge is -2.36. The van der Waals surface area contributed by atoms with Crippen molar-refractivity contribution in [3.05, 3.63) is 76.7 Å². The molecule has 2 aromatic carbocycles. The Hall–Kier alpha value is -3.20. The van der Waals surface area contributed by atoms with Crippen LogP contribution in [0.2, 0.25) is 10.0 Å². The molecule has 3 heterocycles. The summed E-state index contributed by atoms with van der Waals surface area (Å²) in [6.45, 7) is 4.36.